The van der Waals surface area contributed by atoms with Crippen LogP contribution in [-0.2, 0) is 16.4 Å². The van der Waals surface area contributed by atoms with Crippen LogP contribution in [0.15, 0.2) is 83.8 Å². The van der Waals surface area contributed by atoms with E-state index in [2.05, 4.69) is 47.4 Å². The summed E-state index contributed by atoms with van der Waals surface area (Å²) in [6.07, 6.45) is 3.48. The zero-order valence-electron chi connectivity index (χ0n) is 20.9. The molecule has 2 fully saturated rings. The van der Waals surface area contributed by atoms with Crippen molar-refractivity contribution >= 4 is 10.0 Å². The number of piperidine rings is 1. The van der Waals surface area contributed by atoms with E-state index in [9.17, 15) is 12.8 Å². The third-order valence-electron chi connectivity index (χ3n) is 7.96. The molecular weight excluding hydrogens is 471 g/mol. The first kappa shape index (κ1) is 25.1. The lowest BCUT2D eigenvalue weighted by Gasteiger charge is -2.34. The molecule has 36 heavy (non-hydrogen) atoms. The first-order valence-corrected chi connectivity index (χ1v) is 14.4. The van der Waals surface area contributed by atoms with Gasteiger partial charge in [-0.2, -0.15) is 4.31 Å². The molecular formula is C30H35FN2O2S. The van der Waals surface area contributed by atoms with E-state index in [0.717, 1.165) is 26.1 Å². The molecule has 3 aromatic rings. The predicted molar refractivity (Wildman–Crippen MR) is 142 cm³/mol. The van der Waals surface area contributed by atoms with E-state index in [1.807, 2.05) is 18.2 Å². The summed E-state index contributed by atoms with van der Waals surface area (Å²) in [5.41, 5.74) is 3.05. The molecule has 0 aromatic heterocycles. The molecule has 0 bridgehead atoms. The molecule has 5 rings (SSSR count). The van der Waals surface area contributed by atoms with Crippen molar-refractivity contribution in [2.24, 2.45) is 11.8 Å². The SMILES string of the molecule is Cc1cc(F)ccc1S(=O)(=O)N1CC(CN2CCC(Cc3ccccc3)CC2)C(c2ccccc2)C1. The summed E-state index contributed by atoms with van der Waals surface area (Å²) in [6, 6.07) is 25.0. The predicted octanol–water partition coefficient (Wildman–Crippen LogP) is 5.49. The average Bonchev–Trinajstić information content (AvgIpc) is 3.31. The summed E-state index contributed by atoms with van der Waals surface area (Å²) in [7, 11) is -3.70. The summed E-state index contributed by atoms with van der Waals surface area (Å²) in [5.74, 6) is 0.649. The summed E-state index contributed by atoms with van der Waals surface area (Å²) >= 11 is 0. The maximum Gasteiger partial charge on any atom is 0.243 e. The highest BCUT2D eigenvalue weighted by atomic mass is 32.2. The van der Waals surface area contributed by atoms with Crippen molar-refractivity contribution in [3.63, 3.8) is 0 Å². The molecule has 0 amide bonds. The first-order valence-electron chi connectivity index (χ1n) is 13.0. The highest BCUT2D eigenvalue weighted by Gasteiger charge is 2.41. The Morgan fingerprint density at radius 3 is 2.22 bits per heavy atom. The fraction of sp³-hybridized carbons (Fsp3) is 0.400. The van der Waals surface area contributed by atoms with E-state index in [4.69, 9.17) is 0 Å². The van der Waals surface area contributed by atoms with Gasteiger partial charge in [0, 0.05) is 25.6 Å². The lowest BCUT2D eigenvalue weighted by atomic mass is 9.86. The topological polar surface area (TPSA) is 40.6 Å². The fourth-order valence-corrected chi connectivity index (χ4v) is 7.71. The summed E-state index contributed by atoms with van der Waals surface area (Å²) in [5, 5.41) is 0. The van der Waals surface area contributed by atoms with E-state index < -0.39 is 15.8 Å². The lowest BCUT2D eigenvalue weighted by molar-refractivity contribution is 0.158. The third-order valence-corrected chi connectivity index (χ3v) is 9.95. The Balaban J connectivity index is 1.29. The number of halogens is 1. The molecule has 2 heterocycles. The van der Waals surface area contributed by atoms with Gasteiger partial charge in [0.1, 0.15) is 5.82 Å². The van der Waals surface area contributed by atoms with E-state index in [0.29, 0.717) is 24.6 Å². The van der Waals surface area contributed by atoms with Crippen LogP contribution in [0.4, 0.5) is 4.39 Å². The summed E-state index contributed by atoms with van der Waals surface area (Å²) < 4.78 is 42.5. The van der Waals surface area contributed by atoms with E-state index in [-0.39, 0.29) is 16.7 Å². The number of likely N-dealkylation sites (tertiary alicyclic amines) is 1. The second-order valence-electron chi connectivity index (χ2n) is 10.4. The van der Waals surface area contributed by atoms with Crippen LogP contribution in [0.5, 0.6) is 0 Å². The summed E-state index contributed by atoms with van der Waals surface area (Å²) in [6.45, 7) is 5.61. The molecule has 2 unspecified atom stereocenters. The molecule has 0 saturated carbocycles. The Bertz CT molecular complexity index is 1260. The average molecular weight is 507 g/mol. The molecule has 2 aliphatic rings. The zero-order valence-corrected chi connectivity index (χ0v) is 21.7. The molecule has 2 aliphatic heterocycles. The van der Waals surface area contributed by atoms with Crippen molar-refractivity contribution in [2.75, 3.05) is 32.7 Å². The smallest absolute Gasteiger partial charge is 0.243 e. The normalized spacial score (nSPS) is 22.2. The highest BCUT2D eigenvalue weighted by Crippen LogP contribution is 2.37. The largest absolute Gasteiger partial charge is 0.303 e. The molecule has 4 nitrogen and oxygen atoms in total. The number of hydrogen-bond acceptors (Lipinski definition) is 3. The van der Waals surface area contributed by atoms with E-state index in [1.165, 1.54) is 42.2 Å². The van der Waals surface area contributed by atoms with Crippen LogP contribution in [0.3, 0.4) is 0 Å². The van der Waals surface area contributed by atoms with Gasteiger partial charge in [0.25, 0.3) is 0 Å². The lowest BCUT2D eigenvalue weighted by Crippen LogP contribution is -2.39. The van der Waals surface area contributed by atoms with Crippen LogP contribution in [0.1, 0.15) is 35.4 Å². The van der Waals surface area contributed by atoms with Crippen LogP contribution < -0.4 is 0 Å². The minimum atomic E-state index is -3.70. The minimum Gasteiger partial charge on any atom is -0.303 e. The van der Waals surface area contributed by atoms with Gasteiger partial charge >= 0.3 is 0 Å². The van der Waals surface area contributed by atoms with Gasteiger partial charge in [0.2, 0.25) is 10.0 Å². The van der Waals surface area contributed by atoms with Crippen molar-refractivity contribution < 1.29 is 12.8 Å². The van der Waals surface area contributed by atoms with Gasteiger partial charge in [-0.25, -0.2) is 12.8 Å². The molecule has 2 atom stereocenters. The Morgan fingerprint density at radius 1 is 0.889 bits per heavy atom. The van der Waals surface area contributed by atoms with Gasteiger partial charge in [0.15, 0.2) is 0 Å². The molecule has 0 N–H and O–H groups in total. The molecule has 6 heteroatoms. The Morgan fingerprint density at radius 2 is 1.56 bits per heavy atom. The maximum absolute atomic E-state index is 13.7. The maximum atomic E-state index is 13.7. The van der Waals surface area contributed by atoms with Crippen LogP contribution in [-0.4, -0.2) is 50.3 Å². The van der Waals surface area contributed by atoms with Crippen molar-refractivity contribution in [2.45, 2.75) is 37.0 Å². The van der Waals surface area contributed by atoms with Crippen LogP contribution in [0.25, 0.3) is 0 Å². The molecule has 190 valence electrons. The molecule has 0 aliphatic carbocycles. The number of aryl methyl sites for hydroxylation is 1. The van der Waals surface area contributed by atoms with Gasteiger partial charge in [-0.1, -0.05) is 60.7 Å². The molecule has 3 aromatic carbocycles. The number of rotatable bonds is 7. The second-order valence-corrected chi connectivity index (χ2v) is 12.3. The zero-order chi connectivity index (χ0) is 25.1. The van der Waals surface area contributed by atoms with Crippen LogP contribution in [0, 0.1) is 24.6 Å². The highest BCUT2D eigenvalue weighted by molar-refractivity contribution is 7.89. The van der Waals surface area contributed by atoms with Crippen molar-refractivity contribution in [1.82, 2.24) is 9.21 Å². The minimum absolute atomic E-state index is 0.142. The molecule has 0 radical (unpaired) electrons. The monoisotopic (exact) mass is 506 g/mol. The van der Waals surface area contributed by atoms with Crippen molar-refractivity contribution in [3.05, 3.63) is 101 Å². The Labute approximate surface area is 214 Å². The number of hydrogen-bond donors (Lipinski definition) is 0. The number of nitrogens with zero attached hydrogens (tertiary/aromatic N) is 2. The Kier molecular flexibility index (Phi) is 7.56. The quantitative estimate of drug-likeness (QED) is 0.425. The van der Waals surface area contributed by atoms with Crippen LogP contribution >= 0.6 is 0 Å². The number of benzene rings is 3. The van der Waals surface area contributed by atoms with Gasteiger partial charge < -0.3 is 4.90 Å². The Hall–Kier alpha value is -2.54. The summed E-state index contributed by atoms with van der Waals surface area (Å²) in [4.78, 5) is 2.74. The first-order chi connectivity index (χ1) is 17.4. The standard InChI is InChI=1S/C30H35FN2O2S/c1-23-18-28(31)12-13-30(23)36(34,35)33-21-27(29(22-33)26-10-6-3-7-11-26)20-32-16-14-25(15-17-32)19-24-8-4-2-5-9-24/h2-13,18,25,27,29H,14-17,19-22H2,1H3. The van der Waals surface area contributed by atoms with Gasteiger partial charge in [-0.15, -0.1) is 0 Å². The van der Waals surface area contributed by atoms with Gasteiger partial charge in [0.05, 0.1) is 4.90 Å². The van der Waals surface area contributed by atoms with Crippen molar-refractivity contribution in [3.8, 4) is 0 Å². The van der Waals surface area contributed by atoms with E-state index in [1.54, 1.807) is 11.2 Å². The second kappa shape index (κ2) is 10.8. The third kappa shape index (κ3) is 5.56. The van der Waals surface area contributed by atoms with Crippen molar-refractivity contribution in [1.29, 1.82) is 0 Å². The van der Waals surface area contributed by atoms with Gasteiger partial charge in [-0.3, -0.25) is 0 Å². The fourth-order valence-electron chi connectivity index (χ4n) is 5.98. The van der Waals surface area contributed by atoms with E-state index >= 15 is 0 Å². The molecule has 2 saturated heterocycles. The molecule has 0 spiro atoms. The van der Waals surface area contributed by atoms with Gasteiger partial charge in [-0.05, 0) is 86.0 Å². The van der Waals surface area contributed by atoms with Crippen LogP contribution in [0.2, 0.25) is 0 Å². The number of sulfonamides is 1.